The lowest BCUT2D eigenvalue weighted by molar-refractivity contribution is -0.0690. The smallest absolute Gasteiger partial charge is 0.130 e. The third-order valence-corrected chi connectivity index (χ3v) is 5.16. The summed E-state index contributed by atoms with van der Waals surface area (Å²) in [7, 11) is 0. The van der Waals surface area contributed by atoms with Gasteiger partial charge in [0.2, 0.25) is 0 Å². The first-order valence-corrected chi connectivity index (χ1v) is 8.56. The van der Waals surface area contributed by atoms with Crippen molar-refractivity contribution < 1.29 is 5.11 Å². The van der Waals surface area contributed by atoms with Crippen LogP contribution in [0.1, 0.15) is 17.5 Å². The molecule has 1 aliphatic carbocycles. The van der Waals surface area contributed by atoms with Crippen molar-refractivity contribution >= 4 is 0 Å². The minimum Gasteiger partial charge on any atom is -0.379 e. The highest BCUT2D eigenvalue weighted by molar-refractivity contribution is 5.40. The van der Waals surface area contributed by atoms with Crippen LogP contribution in [0.25, 0.3) is 0 Å². The third kappa shape index (κ3) is 2.78. The van der Waals surface area contributed by atoms with Gasteiger partial charge in [-0.15, -0.1) is 0 Å². The molecule has 1 N–H and O–H groups in total. The fourth-order valence-electron chi connectivity index (χ4n) is 3.79. The quantitative estimate of drug-likeness (QED) is 0.914. The molecule has 2 aliphatic rings. The van der Waals surface area contributed by atoms with Gasteiger partial charge in [-0.2, -0.15) is 0 Å². The van der Waals surface area contributed by atoms with Gasteiger partial charge in [0.05, 0.1) is 0 Å². The number of nitrogens with zero attached hydrogens (tertiary/aromatic N) is 1. The van der Waals surface area contributed by atoms with Crippen molar-refractivity contribution in [3.8, 4) is 0 Å². The Balaban J connectivity index is 1.65. The Kier molecular flexibility index (Phi) is 4.43. The van der Waals surface area contributed by atoms with Gasteiger partial charge in [0.1, 0.15) is 5.60 Å². The second kappa shape index (κ2) is 6.70. The Labute approximate surface area is 145 Å². The van der Waals surface area contributed by atoms with Crippen LogP contribution in [0.2, 0.25) is 0 Å². The summed E-state index contributed by atoms with van der Waals surface area (Å²) in [5.74, 6) is 1.31. The van der Waals surface area contributed by atoms with E-state index in [-0.39, 0.29) is 6.04 Å². The fourth-order valence-corrected chi connectivity index (χ4v) is 3.79. The summed E-state index contributed by atoms with van der Waals surface area (Å²) in [6, 6.07) is 20.2. The SMILES string of the molecule is OC(c1ccccc1)(c1ccccc1)[C@@H]1CCN1C[C]1[CH][CH][CH][CH]1. The zero-order valence-corrected chi connectivity index (χ0v) is 13.7. The predicted molar refractivity (Wildman–Crippen MR) is 96.3 cm³/mol. The van der Waals surface area contributed by atoms with Crippen LogP contribution >= 0.6 is 0 Å². The van der Waals surface area contributed by atoms with Crippen molar-refractivity contribution in [1.82, 2.24) is 4.90 Å². The molecule has 1 aliphatic heterocycles. The summed E-state index contributed by atoms with van der Waals surface area (Å²) < 4.78 is 0. The minimum atomic E-state index is -0.979. The van der Waals surface area contributed by atoms with E-state index in [1.54, 1.807) is 0 Å². The van der Waals surface area contributed by atoms with E-state index in [4.69, 9.17) is 0 Å². The molecule has 0 aromatic heterocycles. The van der Waals surface area contributed by atoms with Gasteiger partial charge in [0.25, 0.3) is 0 Å². The molecule has 1 saturated heterocycles. The number of likely N-dealkylation sites (tertiary alicyclic amines) is 1. The molecule has 0 spiro atoms. The van der Waals surface area contributed by atoms with E-state index >= 15 is 0 Å². The second-order valence-electron chi connectivity index (χ2n) is 6.57. The number of hydrogen-bond acceptors (Lipinski definition) is 2. The maximum atomic E-state index is 11.8. The van der Waals surface area contributed by atoms with E-state index in [1.807, 2.05) is 60.7 Å². The van der Waals surface area contributed by atoms with Crippen LogP contribution in [-0.2, 0) is 5.60 Å². The first-order valence-electron chi connectivity index (χ1n) is 8.56. The topological polar surface area (TPSA) is 23.5 Å². The Hall–Kier alpha value is -1.64. The molecule has 0 bridgehead atoms. The standard InChI is InChI=1S/C22H22NO/c24-22(19-11-3-1-4-12-19,20-13-5-2-6-14-20)21-15-16-23(21)17-18-9-7-8-10-18/h1-14,21,24H,15-17H2/t21-/m0/s1. The van der Waals surface area contributed by atoms with Gasteiger partial charge < -0.3 is 5.11 Å². The van der Waals surface area contributed by atoms with E-state index in [9.17, 15) is 5.11 Å². The summed E-state index contributed by atoms with van der Waals surface area (Å²) in [6.45, 7) is 1.91. The summed E-state index contributed by atoms with van der Waals surface area (Å²) in [5.41, 5.74) is 0.953. The lowest BCUT2D eigenvalue weighted by Crippen LogP contribution is -2.60. The Morgan fingerprint density at radius 2 is 1.42 bits per heavy atom. The largest absolute Gasteiger partial charge is 0.379 e. The van der Waals surface area contributed by atoms with Crippen molar-refractivity contribution in [1.29, 1.82) is 0 Å². The summed E-state index contributed by atoms with van der Waals surface area (Å²) >= 11 is 0. The number of hydrogen-bond donors (Lipinski definition) is 1. The van der Waals surface area contributed by atoms with E-state index in [0.29, 0.717) is 0 Å². The van der Waals surface area contributed by atoms with Crippen LogP contribution in [0.3, 0.4) is 0 Å². The Bertz CT molecular complexity index is 609. The molecule has 2 fully saturated rings. The van der Waals surface area contributed by atoms with Crippen LogP contribution < -0.4 is 0 Å². The monoisotopic (exact) mass is 316 g/mol. The molecule has 2 nitrogen and oxygen atoms in total. The van der Waals surface area contributed by atoms with Gasteiger partial charge in [-0.3, -0.25) is 4.90 Å². The van der Waals surface area contributed by atoms with Crippen molar-refractivity contribution in [3.05, 3.63) is 103 Å². The number of rotatable bonds is 5. The van der Waals surface area contributed by atoms with E-state index < -0.39 is 5.60 Å². The number of aliphatic hydroxyl groups is 1. The molecule has 1 heterocycles. The Morgan fingerprint density at radius 1 is 0.875 bits per heavy atom. The Morgan fingerprint density at radius 3 is 1.88 bits per heavy atom. The summed E-state index contributed by atoms with van der Waals surface area (Å²) in [5, 5.41) is 11.8. The van der Waals surface area contributed by atoms with Gasteiger partial charge in [0, 0.05) is 19.1 Å². The van der Waals surface area contributed by atoms with Crippen LogP contribution in [0.15, 0.2) is 60.7 Å². The maximum Gasteiger partial charge on any atom is 0.130 e. The molecule has 2 aromatic carbocycles. The van der Waals surface area contributed by atoms with Gasteiger partial charge in [0.15, 0.2) is 0 Å². The average molecular weight is 316 g/mol. The minimum absolute atomic E-state index is 0.0946. The highest BCUT2D eigenvalue weighted by Crippen LogP contribution is 2.42. The van der Waals surface area contributed by atoms with Gasteiger partial charge >= 0.3 is 0 Å². The molecule has 1 atom stereocenters. The fraction of sp³-hybridized carbons (Fsp3) is 0.227. The first-order chi connectivity index (χ1) is 11.8. The van der Waals surface area contributed by atoms with E-state index in [0.717, 1.165) is 30.6 Å². The van der Waals surface area contributed by atoms with Gasteiger partial charge in [-0.25, -0.2) is 0 Å². The molecule has 24 heavy (non-hydrogen) atoms. The average Bonchev–Trinajstić information content (AvgIpc) is 3.13. The van der Waals surface area contributed by atoms with Crippen molar-refractivity contribution in [2.75, 3.05) is 13.1 Å². The molecular formula is C22H22NO. The van der Waals surface area contributed by atoms with Crippen LogP contribution in [0.4, 0.5) is 0 Å². The molecule has 2 aromatic rings. The van der Waals surface area contributed by atoms with Crippen molar-refractivity contribution in [2.45, 2.75) is 18.1 Å². The molecule has 4 rings (SSSR count). The highest BCUT2D eigenvalue weighted by atomic mass is 16.3. The highest BCUT2D eigenvalue weighted by Gasteiger charge is 2.48. The molecule has 5 radical (unpaired) electrons. The zero-order chi connectivity index (χ0) is 16.4. The van der Waals surface area contributed by atoms with Crippen molar-refractivity contribution in [2.24, 2.45) is 0 Å². The normalized spacial score (nSPS) is 22.5. The molecular weight excluding hydrogens is 294 g/mol. The van der Waals surface area contributed by atoms with Crippen LogP contribution in [-0.4, -0.2) is 29.1 Å². The van der Waals surface area contributed by atoms with Gasteiger partial charge in [-0.05, 0) is 49.1 Å². The maximum absolute atomic E-state index is 11.8. The molecule has 1 saturated carbocycles. The molecule has 0 unspecified atom stereocenters. The predicted octanol–water partition coefficient (Wildman–Crippen LogP) is 3.40. The first kappa shape index (κ1) is 15.9. The zero-order valence-electron chi connectivity index (χ0n) is 13.7. The second-order valence-corrected chi connectivity index (χ2v) is 6.57. The lowest BCUT2D eigenvalue weighted by Gasteiger charge is -2.51. The molecule has 121 valence electrons. The molecule has 0 amide bonds. The van der Waals surface area contributed by atoms with Crippen molar-refractivity contribution in [3.63, 3.8) is 0 Å². The van der Waals surface area contributed by atoms with Crippen LogP contribution in [0.5, 0.6) is 0 Å². The lowest BCUT2D eigenvalue weighted by atomic mass is 9.74. The van der Waals surface area contributed by atoms with E-state index in [1.165, 1.54) is 5.92 Å². The summed E-state index contributed by atoms with van der Waals surface area (Å²) in [6.07, 6.45) is 9.45. The molecule has 2 heteroatoms. The van der Waals surface area contributed by atoms with Gasteiger partial charge in [-0.1, -0.05) is 60.7 Å². The number of benzene rings is 2. The third-order valence-electron chi connectivity index (χ3n) is 5.16. The van der Waals surface area contributed by atoms with E-state index in [2.05, 4.69) is 30.6 Å². The van der Waals surface area contributed by atoms with Crippen LogP contribution in [0, 0.1) is 31.6 Å². The summed E-state index contributed by atoms with van der Waals surface area (Å²) in [4.78, 5) is 2.38.